The van der Waals surface area contributed by atoms with Crippen molar-refractivity contribution in [3.8, 4) is 0 Å². The van der Waals surface area contributed by atoms with Gasteiger partial charge >= 0.3 is 0 Å². The van der Waals surface area contributed by atoms with Gasteiger partial charge in [-0.3, -0.25) is 4.98 Å². The molecule has 0 unspecified atom stereocenters. The van der Waals surface area contributed by atoms with Crippen LogP contribution in [0.15, 0.2) is 23.6 Å². The van der Waals surface area contributed by atoms with E-state index in [1.807, 2.05) is 17.8 Å². The molecule has 0 spiro atoms. The van der Waals surface area contributed by atoms with Crippen molar-refractivity contribution in [2.24, 2.45) is 5.41 Å². The van der Waals surface area contributed by atoms with Crippen LogP contribution in [0, 0.1) is 5.41 Å². The Balaban J connectivity index is 2.49. The van der Waals surface area contributed by atoms with Crippen LogP contribution in [0.2, 0.25) is 0 Å². The van der Waals surface area contributed by atoms with Crippen molar-refractivity contribution in [1.82, 2.24) is 4.98 Å². The van der Waals surface area contributed by atoms with E-state index in [1.54, 1.807) is 0 Å². The maximum atomic E-state index is 4.53. The Hall–Kier alpha value is -0.760. The summed E-state index contributed by atoms with van der Waals surface area (Å²) in [5, 5.41) is 2.15. The summed E-state index contributed by atoms with van der Waals surface area (Å²) in [6, 6.07) is 6.19. The highest BCUT2D eigenvalue weighted by Crippen LogP contribution is 2.21. The Kier molecular flexibility index (Phi) is 5.07. The average Bonchev–Trinajstić information content (AvgIpc) is 2.23. The number of hydrogen-bond donors (Lipinski definition) is 0. The highest BCUT2D eigenvalue weighted by molar-refractivity contribution is 8.02. The van der Waals surface area contributed by atoms with Crippen LogP contribution in [0.1, 0.15) is 39.1 Å². The fourth-order valence-electron chi connectivity index (χ4n) is 1.20. The first-order valence-electron chi connectivity index (χ1n) is 5.75. The predicted molar refractivity (Wildman–Crippen MR) is 74.6 cm³/mol. The number of thioether (sulfide) groups is 1. The van der Waals surface area contributed by atoms with Gasteiger partial charge in [-0.25, -0.2) is 0 Å². The zero-order valence-electron chi connectivity index (χ0n) is 10.7. The molecule has 1 aromatic heterocycles. The number of aryl methyl sites for hydroxylation is 1. The second-order valence-corrected chi connectivity index (χ2v) is 5.98. The van der Waals surface area contributed by atoms with Crippen molar-refractivity contribution in [3.63, 3.8) is 0 Å². The van der Waals surface area contributed by atoms with Gasteiger partial charge < -0.3 is 0 Å². The molecule has 1 heterocycles. The first kappa shape index (κ1) is 13.3. The summed E-state index contributed by atoms with van der Waals surface area (Å²) in [4.78, 5) is 4.53. The maximum Gasteiger partial charge on any atom is 0.0638 e. The van der Waals surface area contributed by atoms with E-state index in [0.29, 0.717) is 5.41 Å². The summed E-state index contributed by atoms with van der Waals surface area (Å²) in [6.45, 7) is 8.89. The maximum absolute atomic E-state index is 4.53. The van der Waals surface area contributed by atoms with E-state index in [0.717, 1.165) is 23.6 Å². The molecule has 0 radical (unpaired) electrons. The fraction of sp³-hybridized carbons (Fsp3) is 0.500. The molecule has 0 saturated heterocycles. The molecule has 0 fully saturated rings. The minimum absolute atomic E-state index is 0.383. The van der Waals surface area contributed by atoms with Crippen molar-refractivity contribution in [1.29, 1.82) is 0 Å². The molecule has 0 aliphatic rings. The molecule has 0 aliphatic heterocycles. The molecule has 0 saturated carbocycles. The van der Waals surface area contributed by atoms with E-state index in [1.165, 1.54) is 0 Å². The molecule has 0 atom stereocenters. The van der Waals surface area contributed by atoms with Crippen LogP contribution in [0.3, 0.4) is 0 Å². The van der Waals surface area contributed by atoms with E-state index >= 15 is 0 Å². The molecule has 16 heavy (non-hydrogen) atoms. The lowest BCUT2D eigenvalue weighted by atomic mass is 10.0. The Morgan fingerprint density at radius 3 is 2.69 bits per heavy atom. The molecule has 0 N–H and O–H groups in total. The van der Waals surface area contributed by atoms with Gasteiger partial charge in [0.25, 0.3) is 0 Å². The number of nitrogens with zero attached hydrogens (tertiary/aromatic N) is 1. The predicted octanol–water partition coefficient (Wildman–Crippen LogP) is 4.39. The fourth-order valence-corrected chi connectivity index (χ4v) is 2.04. The molecule has 1 aromatic rings. The largest absolute Gasteiger partial charge is 0.253 e. The third kappa shape index (κ3) is 5.36. The third-order valence-corrected chi connectivity index (χ3v) is 3.40. The molecular weight excluding hydrogens is 214 g/mol. The molecule has 0 aliphatic carbocycles. The van der Waals surface area contributed by atoms with Crippen molar-refractivity contribution < 1.29 is 0 Å². The van der Waals surface area contributed by atoms with E-state index in [4.69, 9.17) is 0 Å². The Labute approximate surface area is 103 Å². The SMILES string of the molecule is CCc1cccc(/C=C/SCC(C)(C)C)n1. The Morgan fingerprint density at radius 2 is 2.06 bits per heavy atom. The summed E-state index contributed by atoms with van der Waals surface area (Å²) in [6.07, 6.45) is 3.09. The molecule has 1 rings (SSSR count). The molecule has 0 aromatic carbocycles. The van der Waals surface area contributed by atoms with E-state index in [-0.39, 0.29) is 0 Å². The lowest BCUT2D eigenvalue weighted by Crippen LogP contribution is -2.07. The van der Waals surface area contributed by atoms with Gasteiger partial charge in [-0.2, -0.15) is 0 Å². The topological polar surface area (TPSA) is 12.9 Å². The first-order valence-corrected chi connectivity index (χ1v) is 6.80. The zero-order chi connectivity index (χ0) is 12.0. The molecular formula is C14H21NS. The van der Waals surface area contributed by atoms with Gasteiger partial charge in [-0.1, -0.05) is 33.8 Å². The first-order chi connectivity index (χ1) is 7.51. The van der Waals surface area contributed by atoms with Gasteiger partial charge in [0.05, 0.1) is 5.69 Å². The van der Waals surface area contributed by atoms with Gasteiger partial charge in [0, 0.05) is 11.4 Å². The molecule has 0 bridgehead atoms. The highest BCUT2D eigenvalue weighted by Gasteiger charge is 2.08. The molecule has 88 valence electrons. The van der Waals surface area contributed by atoms with Gasteiger partial charge in [-0.05, 0) is 35.5 Å². The molecule has 0 amide bonds. The summed E-state index contributed by atoms with van der Waals surface area (Å²) in [5.41, 5.74) is 2.59. The summed E-state index contributed by atoms with van der Waals surface area (Å²) >= 11 is 1.85. The third-order valence-electron chi connectivity index (χ3n) is 2.04. The summed E-state index contributed by atoms with van der Waals surface area (Å²) in [7, 11) is 0. The number of pyridine rings is 1. The average molecular weight is 235 g/mol. The molecule has 1 nitrogen and oxygen atoms in total. The molecule has 2 heteroatoms. The van der Waals surface area contributed by atoms with Crippen molar-refractivity contribution in [2.75, 3.05) is 5.75 Å². The van der Waals surface area contributed by atoms with Crippen molar-refractivity contribution in [3.05, 3.63) is 35.0 Å². The highest BCUT2D eigenvalue weighted by atomic mass is 32.2. The van der Waals surface area contributed by atoms with E-state index in [2.05, 4.69) is 56.3 Å². The van der Waals surface area contributed by atoms with Gasteiger partial charge in [-0.15, -0.1) is 11.8 Å². The summed E-state index contributed by atoms with van der Waals surface area (Å²) < 4.78 is 0. The van der Waals surface area contributed by atoms with Crippen LogP contribution in [0.25, 0.3) is 6.08 Å². The lowest BCUT2D eigenvalue weighted by Gasteiger charge is -2.15. The normalized spacial score (nSPS) is 12.2. The monoisotopic (exact) mass is 235 g/mol. The minimum Gasteiger partial charge on any atom is -0.253 e. The van der Waals surface area contributed by atoms with Crippen molar-refractivity contribution in [2.45, 2.75) is 34.1 Å². The second-order valence-electron chi connectivity index (χ2n) is 5.08. The van der Waals surface area contributed by atoms with Crippen LogP contribution in [-0.4, -0.2) is 10.7 Å². The number of hydrogen-bond acceptors (Lipinski definition) is 2. The van der Waals surface area contributed by atoms with Crippen LogP contribution >= 0.6 is 11.8 Å². The van der Waals surface area contributed by atoms with Crippen molar-refractivity contribution >= 4 is 17.8 Å². The van der Waals surface area contributed by atoms with Gasteiger partial charge in [0.1, 0.15) is 0 Å². The standard InChI is InChI=1S/C14H21NS/c1-5-12-7-6-8-13(15-12)9-10-16-11-14(2,3)4/h6-10H,5,11H2,1-4H3/b10-9+. The van der Waals surface area contributed by atoms with Crippen LogP contribution < -0.4 is 0 Å². The number of rotatable bonds is 4. The van der Waals surface area contributed by atoms with Gasteiger partial charge in [0.2, 0.25) is 0 Å². The second kappa shape index (κ2) is 6.09. The Bertz CT molecular complexity index is 350. The van der Waals surface area contributed by atoms with Crippen LogP contribution in [0.4, 0.5) is 0 Å². The Morgan fingerprint density at radius 1 is 1.31 bits per heavy atom. The summed E-state index contributed by atoms with van der Waals surface area (Å²) in [5.74, 6) is 1.14. The van der Waals surface area contributed by atoms with E-state index < -0.39 is 0 Å². The number of aromatic nitrogens is 1. The zero-order valence-corrected chi connectivity index (χ0v) is 11.5. The smallest absolute Gasteiger partial charge is 0.0638 e. The van der Waals surface area contributed by atoms with Crippen LogP contribution in [-0.2, 0) is 6.42 Å². The van der Waals surface area contributed by atoms with Crippen LogP contribution in [0.5, 0.6) is 0 Å². The lowest BCUT2D eigenvalue weighted by molar-refractivity contribution is 0.481. The van der Waals surface area contributed by atoms with Gasteiger partial charge in [0.15, 0.2) is 0 Å². The van der Waals surface area contributed by atoms with E-state index in [9.17, 15) is 0 Å². The quantitative estimate of drug-likeness (QED) is 0.767. The minimum atomic E-state index is 0.383.